The number of para-hydroxylation sites is 1. The van der Waals surface area contributed by atoms with E-state index in [1.54, 1.807) is 30.3 Å². The molecule has 1 unspecified atom stereocenters. The van der Waals surface area contributed by atoms with E-state index < -0.39 is 11.7 Å². The fourth-order valence-electron chi connectivity index (χ4n) is 4.16. The minimum absolute atomic E-state index is 0.0687. The Kier molecular flexibility index (Phi) is 7.13. The van der Waals surface area contributed by atoms with Crippen LogP contribution in [0.3, 0.4) is 0 Å². The molecule has 0 aliphatic carbocycles. The highest BCUT2D eigenvalue weighted by atomic mass is 19.4. The Balaban J connectivity index is 1.75. The van der Waals surface area contributed by atoms with Crippen molar-refractivity contribution < 1.29 is 32.0 Å². The molecular formula is C24H26F3N2O3+. The third-order valence-corrected chi connectivity index (χ3v) is 6.13. The average Bonchev–Trinajstić information content (AvgIpc) is 3.17. The normalized spacial score (nSPS) is 20.7. The smallest absolute Gasteiger partial charge is 0.308 e. The van der Waals surface area contributed by atoms with E-state index in [9.17, 15) is 27.6 Å². The molecule has 8 heteroatoms. The molecule has 2 aromatic rings. The molecule has 2 aromatic carbocycles. The van der Waals surface area contributed by atoms with Gasteiger partial charge in [0.25, 0.3) is 0 Å². The molecule has 3 amide bonds. The fourth-order valence-corrected chi connectivity index (χ4v) is 4.16. The van der Waals surface area contributed by atoms with E-state index in [1.807, 2.05) is 6.92 Å². The molecule has 1 heterocycles. The molecular weight excluding hydrogens is 421 g/mol. The summed E-state index contributed by atoms with van der Waals surface area (Å²) in [6, 6.07) is 13.3. The molecule has 5 nitrogen and oxygen atoms in total. The number of quaternary nitrogens is 1. The first-order chi connectivity index (χ1) is 15.2. The van der Waals surface area contributed by atoms with Crippen LogP contribution >= 0.6 is 0 Å². The molecule has 1 fully saturated rings. The SMILES string of the molecule is C[C@@H]1CCC[N+]1(C=O)C(=O)CCC(=O)N(Cc1ccc(C(F)(F)F)cc1)c1ccccc1. The summed E-state index contributed by atoms with van der Waals surface area (Å²) >= 11 is 0. The predicted molar refractivity (Wildman–Crippen MR) is 113 cm³/mol. The van der Waals surface area contributed by atoms with E-state index in [0.717, 1.165) is 25.0 Å². The molecule has 1 aliphatic rings. The zero-order valence-corrected chi connectivity index (χ0v) is 17.8. The molecule has 0 bridgehead atoms. The van der Waals surface area contributed by atoms with Crippen LogP contribution in [-0.2, 0) is 27.1 Å². The number of hydrogen-bond acceptors (Lipinski definition) is 3. The lowest BCUT2D eigenvalue weighted by Crippen LogP contribution is -2.54. The Hall–Kier alpha value is -3.00. The molecule has 0 aromatic heterocycles. The number of nitrogens with zero attached hydrogens (tertiary/aromatic N) is 2. The van der Waals surface area contributed by atoms with E-state index in [4.69, 9.17) is 0 Å². The maximum absolute atomic E-state index is 13.1. The highest BCUT2D eigenvalue weighted by Crippen LogP contribution is 2.30. The standard InChI is InChI=1S/C24H26F3N2O3/c1-18-6-5-15-29(18,17-30)23(32)14-13-22(31)28(21-7-3-2-4-8-21)16-19-9-11-20(12-10-19)24(25,26)27/h2-4,7-12,17-18H,5-6,13-16H2,1H3/q+1/t18-,29?/m1/s1. The number of anilines is 1. The Morgan fingerprint density at radius 3 is 2.25 bits per heavy atom. The summed E-state index contributed by atoms with van der Waals surface area (Å²) in [4.78, 5) is 39.0. The van der Waals surface area contributed by atoms with Gasteiger partial charge in [-0.25, -0.2) is 9.59 Å². The van der Waals surface area contributed by atoms with Crippen molar-refractivity contribution in [1.29, 1.82) is 0 Å². The summed E-state index contributed by atoms with van der Waals surface area (Å²) < 4.78 is 38.3. The maximum Gasteiger partial charge on any atom is 0.416 e. The van der Waals surface area contributed by atoms with Gasteiger partial charge in [0.05, 0.1) is 25.1 Å². The zero-order chi connectivity index (χ0) is 23.4. The van der Waals surface area contributed by atoms with E-state index in [-0.39, 0.29) is 41.7 Å². The number of hydrogen-bond donors (Lipinski definition) is 0. The Morgan fingerprint density at radius 1 is 1.06 bits per heavy atom. The highest BCUT2D eigenvalue weighted by Gasteiger charge is 2.45. The van der Waals surface area contributed by atoms with Gasteiger partial charge in [-0.1, -0.05) is 30.3 Å². The third-order valence-electron chi connectivity index (χ3n) is 6.13. The summed E-state index contributed by atoms with van der Waals surface area (Å²) in [7, 11) is 0. The Morgan fingerprint density at radius 2 is 1.72 bits per heavy atom. The number of benzene rings is 2. The third kappa shape index (κ3) is 5.07. The number of imide groups is 1. The molecule has 0 radical (unpaired) electrons. The van der Waals surface area contributed by atoms with Gasteiger partial charge in [0.2, 0.25) is 5.91 Å². The van der Waals surface area contributed by atoms with Crippen LogP contribution < -0.4 is 4.90 Å². The van der Waals surface area contributed by atoms with Crippen LogP contribution in [0, 0.1) is 0 Å². The highest BCUT2D eigenvalue weighted by molar-refractivity contribution is 5.95. The molecule has 1 saturated heterocycles. The average molecular weight is 447 g/mol. The number of likely N-dealkylation sites (tertiary alicyclic amines) is 1. The van der Waals surface area contributed by atoms with Crippen molar-refractivity contribution in [2.24, 2.45) is 0 Å². The Labute approximate surface area is 185 Å². The summed E-state index contributed by atoms with van der Waals surface area (Å²) in [5.41, 5.74) is 0.358. The first kappa shape index (κ1) is 23.7. The van der Waals surface area contributed by atoms with Crippen LogP contribution in [0.25, 0.3) is 0 Å². The number of rotatable bonds is 7. The number of alkyl halides is 3. The molecule has 170 valence electrons. The van der Waals surface area contributed by atoms with Crippen LogP contribution in [0.2, 0.25) is 0 Å². The van der Waals surface area contributed by atoms with E-state index in [1.165, 1.54) is 17.0 Å². The zero-order valence-electron chi connectivity index (χ0n) is 17.8. The molecule has 32 heavy (non-hydrogen) atoms. The van der Waals surface area contributed by atoms with E-state index in [0.29, 0.717) is 24.2 Å². The summed E-state index contributed by atoms with van der Waals surface area (Å²) in [5, 5.41) is 0. The van der Waals surface area contributed by atoms with Gasteiger partial charge in [0.1, 0.15) is 6.04 Å². The Bertz CT molecular complexity index is 961. The molecule has 1 aliphatic heterocycles. The first-order valence-corrected chi connectivity index (χ1v) is 10.6. The predicted octanol–water partition coefficient (Wildman–Crippen LogP) is 4.70. The van der Waals surface area contributed by atoms with Gasteiger partial charge in [-0.15, -0.1) is 0 Å². The molecule has 0 saturated carbocycles. The van der Waals surface area contributed by atoms with Crippen LogP contribution in [0.1, 0.15) is 43.7 Å². The monoisotopic (exact) mass is 447 g/mol. The van der Waals surface area contributed by atoms with Crippen LogP contribution in [0.4, 0.5) is 18.9 Å². The first-order valence-electron chi connectivity index (χ1n) is 10.6. The van der Waals surface area contributed by atoms with Gasteiger partial charge >= 0.3 is 18.5 Å². The minimum atomic E-state index is -4.43. The molecule has 0 N–H and O–H groups in total. The summed E-state index contributed by atoms with van der Waals surface area (Å²) in [6.07, 6.45) is -2.35. The molecule has 0 spiro atoms. The second-order valence-corrected chi connectivity index (χ2v) is 8.15. The quantitative estimate of drug-likeness (QED) is 0.457. The van der Waals surface area contributed by atoms with Gasteiger partial charge in [0, 0.05) is 24.9 Å². The van der Waals surface area contributed by atoms with Gasteiger partial charge in [-0.05, 0) is 36.8 Å². The van der Waals surface area contributed by atoms with Crippen molar-refractivity contribution in [2.75, 3.05) is 11.4 Å². The van der Waals surface area contributed by atoms with Crippen molar-refractivity contribution in [3.05, 3.63) is 65.7 Å². The van der Waals surface area contributed by atoms with Gasteiger partial charge in [0.15, 0.2) is 0 Å². The number of halogens is 3. The molecule has 2 atom stereocenters. The number of carbonyl (C=O) groups excluding carboxylic acids is 3. The second-order valence-electron chi connectivity index (χ2n) is 8.15. The topological polar surface area (TPSA) is 54.5 Å². The van der Waals surface area contributed by atoms with Gasteiger partial charge < -0.3 is 4.90 Å². The molecule has 3 rings (SSSR count). The van der Waals surface area contributed by atoms with Gasteiger partial charge in [-0.2, -0.15) is 17.7 Å². The number of amides is 3. The minimum Gasteiger partial charge on any atom is -0.308 e. The maximum atomic E-state index is 13.1. The van der Waals surface area contributed by atoms with E-state index >= 15 is 0 Å². The van der Waals surface area contributed by atoms with Crippen molar-refractivity contribution in [3.8, 4) is 0 Å². The number of carbonyl (C=O) groups is 3. The van der Waals surface area contributed by atoms with Gasteiger partial charge in [-0.3, -0.25) is 4.79 Å². The van der Waals surface area contributed by atoms with Crippen molar-refractivity contribution in [3.63, 3.8) is 0 Å². The summed E-state index contributed by atoms with van der Waals surface area (Å²) in [6.45, 7) is 2.38. The second kappa shape index (κ2) is 9.65. The van der Waals surface area contributed by atoms with E-state index in [2.05, 4.69) is 0 Å². The summed E-state index contributed by atoms with van der Waals surface area (Å²) in [5.74, 6) is -0.610. The van der Waals surface area contributed by atoms with Crippen molar-refractivity contribution >= 4 is 23.9 Å². The largest absolute Gasteiger partial charge is 0.416 e. The fraction of sp³-hybridized carbons (Fsp3) is 0.375. The lowest BCUT2D eigenvalue weighted by atomic mass is 10.1. The van der Waals surface area contributed by atoms with Crippen LogP contribution in [-0.4, -0.2) is 35.3 Å². The van der Waals surface area contributed by atoms with Crippen molar-refractivity contribution in [2.45, 2.75) is 51.4 Å². The van der Waals surface area contributed by atoms with Crippen LogP contribution in [0.5, 0.6) is 0 Å². The lowest BCUT2D eigenvalue weighted by molar-refractivity contribution is -0.780. The lowest BCUT2D eigenvalue weighted by Gasteiger charge is -2.29. The van der Waals surface area contributed by atoms with Crippen molar-refractivity contribution in [1.82, 2.24) is 0 Å². The van der Waals surface area contributed by atoms with Crippen LogP contribution in [0.15, 0.2) is 54.6 Å².